The lowest BCUT2D eigenvalue weighted by atomic mass is 9.90. The molecule has 2 N–H and O–H groups in total. The molecular formula is C38H44ClN5O5. The number of rotatable bonds is 13. The van der Waals surface area contributed by atoms with E-state index in [0.29, 0.717) is 34.3 Å². The van der Waals surface area contributed by atoms with Gasteiger partial charge in [-0.25, -0.2) is 4.98 Å². The second kappa shape index (κ2) is 15.3. The first-order valence-corrected chi connectivity index (χ1v) is 17.0. The lowest BCUT2D eigenvalue weighted by Gasteiger charge is -2.45. The number of benzene rings is 3. The average molecular weight is 686 g/mol. The summed E-state index contributed by atoms with van der Waals surface area (Å²) in [4.78, 5) is 27.0. The van der Waals surface area contributed by atoms with Crippen LogP contribution in [0.2, 0.25) is 5.02 Å². The number of furan rings is 1. The number of ether oxygens (including phenoxy) is 3. The first-order chi connectivity index (χ1) is 23.8. The van der Waals surface area contributed by atoms with E-state index in [1.807, 2.05) is 54.4 Å². The van der Waals surface area contributed by atoms with Crippen molar-refractivity contribution in [3.8, 4) is 17.2 Å². The number of hydrogen-bond acceptors (Lipinski definition) is 8. The molecule has 2 atom stereocenters. The number of fused-ring (bicyclic) bond motifs is 1. The van der Waals surface area contributed by atoms with Gasteiger partial charge >= 0.3 is 0 Å². The summed E-state index contributed by atoms with van der Waals surface area (Å²) in [5.41, 5.74) is 4.59. The van der Waals surface area contributed by atoms with Crippen LogP contribution >= 0.6 is 11.6 Å². The van der Waals surface area contributed by atoms with Crippen LogP contribution in [0.15, 0.2) is 77.4 Å². The second-order valence-electron chi connectivity index (χ2n) is 12.4. The maximum Gasteiger partial charge on any atom is 0.255 e. The van der Waals surface area contributed by atoms with Crippen molar-refractivity contribution in [2.75, 3.05) is 46.8 Å². The number of hydrogen-bond donors (Lipinski definition) is 2. The molecule has 5 aromatic rings. The highest BCUT2D eigenvalue weighted by Gasteiger charge is 2.36. The number of carbonyl (C=O) groups is 1. The third kappa shape index (κ3) is 7.35. The Kier molecular flexibility index (Phi) is 10.7. The first kappa shape index (κ1) is 34.2. The van der Waals surface area contributed by atoms with E-state index in [0.717, 1.165) is 66.2 Å². The Labute approximate surface area is 292 Å². The maximum atomic E-state index is 14.3. The Bertz CT molecular complexity index is 1840. The summed E-state index contributed by atoms with van der Waals surface area (Å²) < 4.78 is 22.2. The molecule has 6 rings (SSSR count). The van der Waals surface area contributed by atoms with E-state index < -0.39 is 0 Å². The van der Waals surface area contributed by atoms with Crippen LogP contribution in [0.3, 0.4) is 0 Å². The summed E-state index contributed by atoms with van der Waals surface area (Å²) >= 11 is 6.48. The van der Waals surface area contributed by atoms with Crippen LogP contribution in [0.4, 0.5) is 5.95 Å². The van der Waals surface area contributed by atoms with Crippen LogP contribution in [0.25, 0.3) is 11.0 Å². The minimum Gasteiger partial charge on any atom is -0.493 e. The molecule has 0 bridgehead atoms. The summed E-state index contributed by atoms with van der Waals surface area (Å²) in [6, 6.07) is 21.7. The molecule has 0 spiro atoms. The number of carbonyl (C=O) groups excluding carboxylic acids is 1. The molecule has 1 aliphatic heterocycles. The van der Waals surface area contributed by atoms with Crippen molar-refractivity contribution in [3.63, 3.8) is 0 Å². The van der Waals surface area contributed by atoms with Gasteiger partial charge < -0.3 is 33.8 Å². The van der Waals surface area contributed by atoms with Gasteiger partial charge in [-0.3, -0.25) is 9.69 Å². The number of imidazole rings is 1. The molecule has 11 heteroatoms. The third-order valence-corrected chi connectivity index (χ3v) is 9.73. The number of nitrogens with zero attached hydrogens (tertiary/aromatic N) is 3. The summed E-state index contributed by atoms with van der Waals surface area (Å²) in [6.07, 6.45) is 4.72. The fourth-order valence-corrected chi connectivity index (χ4v) is 7.26. The van der Waals surface area contributed by atoms with Gasteiger partial charge in [0.15, 0.2) is 11.5 Å². The predicted octanol–water partition coefficient (Wildman–Crippen LogP) is 7.59. The zero-order chi connectivity index (χ0) is 34.5. The molecule has 1 aliphatic rings. The Morgan fingerprint density at radius 3 is 2.41 bits per heavy atom. The van der Waals surface area contributed by atoms with Gasteiger partial charge in [-0.15, -0.1) is 0 Å². The second-order valence-corrected chi connectivity index (χ2v) is 12.9. The molecule has 258 valence electrons. The van der Waals surface area contributed by atoms with Gasteiger partial charge in [0.05, 0.1) is 44.8 Å². The summed E-state index contributed by atoms with van der Waals surface area (Å²) in [6.45, 7) is 3.73. The van der Waals surface area contributed by atoms with Crippen LogP contribution in [0.1, 0.15) is 59.3 Å². The number of likely N-dealkylation sites (N-methyl/N-ethyl adjacent to an activating group) is 1. The molecule has 49 heavy (non-hydrogen) atoms. The fraction of sp³-hybridized carbons (Fsp3) is 0.368. The average Bonchev–Trinajstić information content (AvgIpc) is 3.80. The maximum absolute atomic E-state index is 14.3. The molecule has 1 fully saturated rings. The largest absolute Gasteiger partial charge is 0.493 e. The van der Waals surface area contributed by atoms with E-state index in [2.05, 4.69) is 34.3 Å². The highest BCUT2D eigenvalue weighted by atomic mass is 35.5. The Morgan fingerprint density at radius 2 is 1.78 bits per heavy atom. The third-order valence-electron chi connectivity index (χ3n) is 9.49. The molecular weight excluding hydrogens is 642 g/mol. The number of para-hydroxylation sites is 1. The quantitative estimate of drug-likeness (QED) is 0.131. The van der Waals surface area contributed by atoms with Crippen LogP contribution < -0.4 is 19.5 Å². The monoisotopic (exact) mass is 685 g/mol. The predicted molar refractivity (Wildman–Crippen MR) is 192 cm³/mol. The van der Waals surface area contributed by atoms with E-state index in [1.54, 1.807) is 39.7 Å². The van der Waals surface area contributed by atoms with E-state index in [-0.39, 0.29) is 24.0 Å². The minimum absolute atomic E-state index is 0.0159. The van der Waals surface area contributed by atoms with Crippen molar-refractivity contribution in [1.29, 1.82) is 0 Å². The van der Waals surface area contributed by atoms with Crippen molar-refractivity contribution in [1.82, 2.24) is 19.8 Å². The van der Waals surface area contributed by atoms with Gasteiger partial charge in [0.2, 0.25) is 11.7 Å². The van der Waals surface area contributed by atoms with E-state index >= 15 is 0 Å². The number of aromatic nitrogens is 2. The Balaban J connectivity index is 1.23. The van der Waals surface area contributed by atoms with Gasteiger partial charge in [-0.1, -0.05) is 42.8 Å². The van der Waals surface area contributed by atoms with Crippen molar-refractivity contribution < 1.29 is 23.4 Å². The van der Waals surface area contributed by atoms with E-state index in [9.17, 15) is 4.79 Å². The minimum atomic E-state index is -0.230. The number of amides is 1. The molecule has 2 unspecified atom stereocenters. The SMILES string of the molecule is CCC(c1cccc(Cl)c1)C(N1CCC(Nc2nc3c(Cc4ccco4)cccc3[nH]2)CC1)N(C)C(=O)c1cc(OC)c(OC)c(OC)c1. The Hall–Kier alpha value is -4.67. The first-order valence-electron chi connectivity index (χ1n) is 16.7. The molecule has 0 aliphatic carbocycles. The van der Waals surface area contributed by atoms with Gasteiger partial charge in [-0.2, -0.15) is 0 Å². The zero-order valence-corrected chi connectivity index (χ0v) is 29.4. The highest BCUT2D eigenvalue weighted by Crippen LogP contribution is 2.39. The lowest BCUT2D eigenvalue weighted by Crippen LogP contribution is -2.55. The van der Waals surface area contributed by atoms with E-state index in [4.69, 9.17) is 35.2 Å². The van der Waals surface area contributed by atoms with Crippen LogP contribution in [-0.4, -0.2) is 79.3 Å². The van der Waals surface area contributed by atoms with Crippen molar-refractivity contribution in [2.45, 2.75) is 50.7 Å². The molecule has 1 amide bonds. The number of halogens is 1. The van der Waals surface area contributed by atoms with Crippen molar-refractivity contribution in [2.24, 2.45) is 0 Å². The van der Waals surface area contributed by atoms with Gasteiger partial charge in [0.25, 0.3) is 5.91 Å². The lowest BCUT2D eigenvalue weighted by molar-refractivity contribution is 0.0200. The Morgan fingerprint density at radius 1 is 1.04 bits per heavy atom. The number of aromatic amines is 1. The number of anilines is 1. The zero-order valence-electron chi connectivity index (χ0n) is 28.7. The summed E-state index contributed by atoms with van der Waals surface area (Å²) in [7, 11) is 6.53. The highest BCUT2D eigenvalue weighted by molar-refractivity contribution is 6.30. The van der Waals surface area contributed by atoms with Crippen molar-refractivity contribution >= 4 is 34.5 Å². The van der Waals surface area contributed by atoms with Crippen molar-refractivity contribution in [3.05, 3.63) is 100 Å². The van der Waals surface area contributed by atoms with E-state index in [1.165, 1.54) is 0 Å². The van der Waals surface area contributed by atoms with Crippen LogP contribution in [0, 0.1) is 0 Å². The molecule has 3 heterocycles. The topological polar surface area (TPSA) is 105 Å². The molecule has 10 nitrogen and oxygen atoms in total. The molecule has 0 radical (unpaired) electrons. The standard InChI is InChI=1S/C38H44ClN5O5/c1-6-30(24-10-7-12-27(39)20-24)36(43(2)37(45)26-22-32(46-3)35(48-5)33(23-26)47-4)44-17-15-28(16-18-44)40-38-41-31-14-8-11-25(34(31)42-38)21-29-13-9-19-49-29/h7-14,19-20,22-23,28,30,36H,6,15-18,21H2,1-5H3,(H2,40,41,42). The number of nitrogens with one attached hydrogen (secondary N) is 2. The number of H-pyrrole nitrogens is 1. The summed E-state index contributed by atoms with van der Waals surface area (Å²) in [5, 5.41) is 4.33. The van der Waals surface area contributed by atoms with Crippen LogP contribution in [0.5, 0.6) is 17.2 Å². The number of methoxy groups -OCH3 is 3. The molecule has 3 aromatic carbocycles. The molecule has 2 aromatic heterocycles. The smallest absolute Gasteiger partial charge is 0.255 e. The molecule has 0 saturated carbocycles. The van der Waals surface area contributed by atoms with Gasteiger partial charge in [0, 0.05) is 49.1 Å². The van der Waals surface area contributed by atoms with Gasteiger partial charge in [-0.05, 0) is 72.9 Å². The fourth-order valence-electron chi connectivity index (χ4n) is 7.06. The van der Waals surface area contributed by atoms with Gasteiger partial charge in [0.1, 0.15) is 5.76 Å². The number of piperidine rings is 1. The summed E-state index contributed by atoms with van der Waals surface area (Å²) in [5.74, 6) is 2.85. The number of likely N-dealkylation sites (tertiary alicyclic amines) is 1. The normalized spacial score (nSPS) is 15.1. The van der Waals surface area contributed by atoms with Crippen LogP contribution in [-0.2, 0) is 6.42 Å². The molecule has 1 saturated heterocycles.